The Hall–Kier alpha value is -3.29. The maximum absolute atomic E-state index is 12.7. The van der Waals surface area contributed by atoms with E-state index in [1.54, 1.807) is 40.0 Å². The van der Waals surface area contributed by atoms with Crippen molar-refractivity contribution in [1.29, 1.82) is 0 Å². The standard InChI is InChI=1S/C16H13N5O3/c22-15(13-8-14-17-5-1-6-21(14)19-13)20-7-4-11-10(9-20)2-3-12(18-11)16(23)24/h1-3,5-6,8H,4,7,9H2,(H,23,24). The number of carbonyl (C=O) groups is 2. The highest BCUT2D eigenvalue weighted by Gasteiger charge is 2.25. The van der Waals surface area contributed by atoms with E-state index in [1.165, 1.54) is 6.07 Å². The van der Waals surface area contributed by atoms with Crippen molar-refractivity contribution in [2.24, 2.45) is 0 Å². The number of rotatable bonds is 2. The predicted octanol–water partition coefficient (Wildman–Crippen LogP) is 1.02. The van der Waals surface area contributed by atoms with Crippen molar-refractivity contribution in [1.82, 2.24) is 24.5 Å². The summed E-state index contributed by atoms with van der Waals surface area (Å²) >= 11 is 0. The van der Waals surface area contributed by atoms with Gasteiger partial charge in [-0.3, -0.25) is 4.79 Å². The van der Waals surface area contributed by atoms with E-state index >= 15 is 0 Å². The van der Waals surface area contributed by atoms with Crippen molar-refractivity contribution in [3.05, 3.63) is 59.3 Å². The SMILES string of the molecule is O=C(O)c1ccc2c(n1)CCN(C(=O)c1cc3ncccn3n1)C2. The lowest BCUT2D eigenvalue weighted by atomic mass is 10.0. The molecule has 0 fully saturated rings. The van der Waals surface area contributed by atoms with Crippen LogP contribution in [0.2, 0.25) is 0 Å². The van der Waals surface area contributed by atoms with Gasteiger partial charge in [0.1, 0.15) is 5.69 Å². The van der Waals surface area contributed by atoms with E-state index in [9.17, 15) is 9.59 Å². The van der Waals surface area contributed by atoms with E-state index in [0.717, 1.165) is 11.3 Å². The first-order valence-electron chi connectivity index (χ1n) is 7.43. The molecule has 24 heavy (non-hydrogen) atoms. The van der Waals surface area contributed by atoms with Gasteiger partial charge in [0.15, 0.2) is 11.3 Å². The van der Waals surface area contributed by atoms with E-state index < -0.39 is 5.97 Å². The zero-order chi connectivity index (χ0) is 16.7. The first-order chi connectivity index (χ1) is 11.6. The number of carbonyl (C=O) groups excluding carboxylic acids is 1. The van der Waals surface area contributed by atoms with E-state index in [2.05, 4.69) is 15.1 Å². The smallest absolute Gasteiger partial charge is 0.354 e. The van der Waals surface area contributed by atoms with Gasteiger partial charge in [0.2, 0.25) is 0 Å². The third-order valence-electron chi connectivity index (χ3n) is 4.01. The Kier molecular flexibility index (Phi) is 3.23. The van der Waals surface area contributed by atoms with E-state index in [-0.39, 0.29) is 11.6 Å². The average Bonchev–Trinajstić information content (AvgIpc) is 3.04. The third-order valence-corrected chi connectivity index (χ3v) is 4.01. The molecule has 3 aromatic heterocycles. The lowest BCUT2D eigenvalue weighted by Gasteiger charge is -2.27. The fraction of sp³-hybridized carbons (Fsp3) is 0.188. The number of pyridine rings is 1. The molecule has 0 unspecified atom stereocenters. The highest BCUT2D eigenvalue weighted by atomic mass is 16.4. The number of amides is 1. The van der Waals surface area contributed by atoms with Crippen LogP contribution in [0.25, 0.3) is 5.65 Å². The van der Waals surface area contributed by atoms with Crippen LogP contribution in [0.4, 0.5) is 0 Å². The number of aromatic nitrogens is 4. The van der Waals surface area contributed by atoms with Crippen LogP contribution in [0.1, 0.15) is 32.2 Å². The highest BCUT2D eigenvalue weighted by Crippen LogP contribution is 2.19. The molecular weight excluding hydrogens is 310 g/mol. The monoisotopic (exact) mass is 323 g/mol. The summed E-state index contributed by atoms with van der Waals surface area (Å²) in [5.41, 5.74) is 2.58. The molecule has 1 N–H and O–H groups in total. The molecule has 0 saturated heterocycles. The molecule has 0 saturated carbocycles. The highest BCUT2D eigenvalue weighted by molar-refractivity contribution is 5.93. The van der Waals surface area contributed by atoms with Crippen LogP contribution in [0.5, 0.6) is 0 Å². The summed E-state index contributed by atoms with van der Waals surface area (Å²) in [6.45, 7) is 0.867. The molecule has 0 aromatic carbocycles. The molecule has 0 radical (unpaired) electrons. The quantitative estimate of drug-likeness (QED) is 0.755. The van der Waals surface area contributed by atoms with Gasteiger partial charge in [0.05, 0.1) is 0 Å². The van der Waals surface area contributed by atoms with Crippen LogP contribution in [0, 0.1) is 0 Å². The first kappa shape index (κ1) is 14.3. The average molecular weight is 323 g/mol. The van der Waals surface area contributed by atoms with Crippen molar-refractivity contribution in [2.45, 2.75) is 13.0 Å². The molecule has 1 aliphatic rings. The number of fused-ring (bicyclic) bond motifs is 2. The lowest BCUT2D eigenvalue weighted by molar-refractivity contribution is 0.0683. The van der Waals surface area contributed by atoms with Crippen molar-refractivity contribution < 1.29 is 14.7 Å². The van der Waals surface area contributed by atoms with Crippen LogP contribution < -0.4 is 0 Å². The van der Waals surface area contributed by atoms with Crippen molar-refractivity contribution >= 4 is 17.5 Å². The largest absolute Gasteiger partial charge is 0.477 e. The van der Waals surface area contributed by atoms with E-state index in [4.69, 9.17) is 5.11 Å². The maximum atomic E-state index is 12.7. The molecule has 0 spiro atoms. The van der Waals surface area contributed by atoms with Gasteiger partial charge >= 0.3 is 5.97 Å². The van der Waals surface area contributed by atoms with Crippen LogP contribution in [0.3, 0.4) is 0 Å². The van der Waals surface area contributed by atoms with Gasteiger partial charge in [-0.25, -0.2) is 19.3 Å². The van der Waals surface area contributed by atoms with Crippen molar-refractivity contribution in [3.8, 4) is 0 Å². The number of aromatic carboxylic acids is 1. The molecule has 1 amide bonds. The Morgan fingerprint density at radius 2 is 2.08 bits per heavy atom. The molecule has 0 aliphatic carbocycles. The molecule has 120 valence electrons. The number of nitrogens with zero attached hydrogens (tertiary/aromatic N) is 5. The van der Waals surface area contributed by atoms with Gasteiger partial charge in [-0.05, 0) is 17.7 Å². The minimum Gasteiger partial charge on any atom is -0.477 e. The Bertz CT molecular complexity index is 932. The van der Waals surface area contributed by atoms with Crippen LogP contribution in [-0.2, 0) is 13.0 Å². The molecule has 8 nitrogen and oxygen atoms in total. The van der Waals surface area contributed by atoms with E-state index in [1.807, 2.05) is 0 Å². The Morgan fingerprint density at radius 1 is 1.21 bits per heavy atom. The topological polar surface area (TPSA) is 101 Å². The molecule has 4 rings (SSSR count). The molecular formula is C16H13N5O3. The van der Waals surface area contributed by atoms with Gasteiger partial charge in [-0.15, -0.1) is 0 Å². The minimum atomic E-state index is -1.05. The van der Waals surface area contributed by atoms with Gasteiger partial charge in [-0.2, -0.15) is 5.10 Å². The Morgan fingerprint density at radius 3 is 2.88 bits per heavy atom. The molecule has 3 aromatic rings. The molecule has 4 heterocycles. The Labute approximate surface area is 136 Å². The number of carboxylic acids is 1. The molecule has 0 bridgehead atoms. The molecule has 8 heteroatoms. The molecule has 0 atom stereocenters. The summed E-state index contributed by atoms with van der Waals surface area (Å²) in [6, 6.07) is 6.58. The van der Waals surface area contributed by atoms with Crippen LogP contribution in [0.15, 0.2) is 36.7 Å². The lowest BCUT2D eigenvalue weighted by Crippen LogP contribution is -2.36. The second kappa shape index (κ2) is 5.41. The molecule has 1 aliphatic heterocycles. The van der Waals surface area contributed by atoms with Crippen molar-refractivity contribution in [2.75, 3.05) is 6.54 Å². The number of hydrogen-bond donors (Lipinski definition) is 1. The summed E-state index contributed by atoms with van der Waals surface area (Å²) in [5, 5.41) is 13.3. The first-order valence-corrected chi connectivity index (χ1v) is 7.43. The number of carboxylic acid groups (broad SMARTS) is 1. The van der Waals surface area contributed by atoms with Crippen molar-refractivity contribution in [3.63, 3.8) is 0 Å². The summed E-state index contributed by atoms with van der Waals surface area (Å²) < 4.78 is 1.56. The minimum absolute atomic E-state index is 0.0277. The fourth-order valence-electron chi connectivity index (χ4n) is 2.81. The van der Waals surface area contributed by atoms with Gasteiger partial charge in [0.25, 0.3) is 5.91 Å². The van der Waals surface area contributed by atoms with Gasteiger partial charge in [0, 0.05) is 43.7 Å². The predicted molar refractivity (Wildman–Crippen MR) is 82.6 cm³/mol. The normalized spacial score (nSPS) is 13.8. The Balaban J connectivity index is 1.59. The fourth-order valence-corrected chi connectivity index (χ4v) is 2.81. The van der Waals surface area contributed by atoms with Crippen LogP contribution in [-0.4, -0.2) is 48.0 Å². The zero-order valence-electron chi connectivity index (χ0n) is 12.6. The third kappa shape index (κ3) is 2.37. The second-order valence-electron chi connectivity index (χ2n) is 5.54. The summed E-state index contributed by atoms with van der Waals surface area (Å²) in [5.74, 6) is -1.22. The van der Waals surface area contributed by atoms with Crippen LogP contribution >= 0.6 is 0 Å². The summed E-state index contributed by atoms with van der Waals surface area (Å²) in [4.78, 5) is 33.6. The summed E-state index contributed by atoms with van der Waals surface area (Å²) in [7, 11) is 0. The second-order valence-corrected chi connectivity index (χ2v) is 5.54. The van der Waals surface area contributed by atoms with Gasteiger partial charge in [-0.1, -0.05) is 6.07 Å². The maximum Gasteiger partial charge on any atom is 0.354 e. The van der Waals surface area contributed by atoms with E-state index in [0.29, 0.717) is 30.9 Å². The van der Waals surface area contributed by atoms with Gasteiger partial charge < -0.3 is 10.0 Å². The number of hydrogen-bond acceptors (Lipinski definition) is 5. The summed E-state index contributed by atoms with van der Waals surface area (Å²) in [6.07, 6.45) is 3.91. The zero-order valence-corrected chi connectivity index (χ0v) is 12.6.